The van der Waals surface area contributed by atoms with Crippen molar-refractivity contribution in [3.63, 3.8) is 0 Å². The number of carbonyl (C=O) groups is 1. The molecule has 1 aliphatic heterocycles. The summed E-state index contributed by atoms with van der Waals surface area (Å²) in [5.41, 5.74) is 0.441. The number of amides is 1. The average molecular weight is 379 g/mol. The first kappa shape index (κ1) is 14.8. The van der Waals surface area contributed by atoms with E-state index in [0.29, 0.717) is 34.2 Å². The van der Waals surface area contributed by atoms with Gasteiger partial charge in [-0.3, -0.25) is 4.79 Å². The van der Waals surface area contributed by atoms with E-state index in [4.69, 9.17) is 0 Å². The molecule has 120 valence electrons. The summed E-state index contributed by atoms with van der Waals surface area (Å²) in [7, 11) is 0. The quantitative estimate of drug-likeness (QED) is 0.821. The Morgan fingerprint density at radius 3 is 2.83 bits per heavy atom. The number of hydrogen-bond acceptors (Lipinski definition) is 3. The Balaban J connectivity index is 1.45. The Labute approximate surface area is 141 Å². The lowest BCUT2D eigenvalue weighted by Crippen LogP contribution is -2.51. The number of halogens is 2. The van der Waals surface area contributed by atoms with Crippen LogP contribution in [0.3, 0.4) is 0 Å². The fraction of sp³-hybridized carbons (Fsp3) is 0.438. The van der Waals surface area contributed by atoms with Crippen LogP contribution in [0, 0.1) is 17.7 Å². The minimum absolute atomic E-state index is 0.276. The highest BCUT2D eigenvalue weighted by molar-refractivity contribution is 9.10. The van der Waals surface area contributed by atoms with Crippen LogP contribution in [-0.4, -0.2) is 38.7 Å². The molecule has 1 amide bonds. The van der Waals surface area contributed by atoms with E-state index in [-0.39, 0.29) is 11.7 Å². The Morgan fingerprint density at radius 1 is 1.35 bits per heavy atom. The zero-order valence-electron chi connectivity index (χ0n) is 12.5. The van der Waals surface area contributed by atoms with Crippen molar-refractivity contribution >= 4 is 21.8 Å². The van der Waals surface area contributed by atoms with Gasteiger partial charge in [0.25, 0.3) is 0 Å². The average Bonchev–Trinajstić information content (AvgIpc) is 3.22. The second-order valence-electron chi connectivity index (χ2n) is 6.31. The molecule has 4 rings (SSSR count). The summed E-state index contributed by atoms with van der Waals surface area (Å²) in [6.07, 6.45) is 3.71. The highest BCUT2D eigenvalue weighted by atomic mass is 79.9. The summed E-state index contributed by atoms with van der Waals surface area (Å²) in [5.74, 6) is 1.16. The minimum atomic E-state index is -0.326. The summed E-state index contributed by atoms with van der Waals surface area (Å²) in [4.78, 5) is 13.9. The Hall–Kier alpha value is -1.76. The normalized spacial score (nSPS) is 18.1. The fourth-order valence-electron chi connectivity index (χ4n) is 3.00. The predicted octanol–water partition coefficient (Wildman–Crippen LogP) is 2.72. The molecular weight excluding hydrogens is 363 g/mol. The van der Waals surface area contributed by atoms with Gasteiger partial charge < -0.3 is 9.47 Å². The molecule has 1 aliphatic carbocycles. The third-order valence-corrected chi connectivity index (χ3v) is 4.93. The van der Waals surface area contributed by atoms with Crippen LogP contribution in [0.5, 0.6) is 0 Å². The van der Waals surface area contributed by atoms with Gasteiger partial charge >= 0.3 is 0 Å². The van der Waals surface area contributed by atoms with Crippen molar-refractivity contribution in [2.24, 2.45) is 11.8 Å². The van der Waals surface area contributed by atoms with Crippen LogP contribution < -0.4 is 0 Å². The van der Waals surface area contributed by atoms with Gasteiger partial charge in [0.2, 0.25) is 5.91 Å². The Morgan fingerprint density at radius 2 is 2.13 bits per heavy atom. The van der Waals surface area contributed by atoms with E-state index in [0.717, 1.165) is 25.9 Å². The molecule has 0 spiro atoms. The molecule has 1 saturated carbocycles. The molecular formula is C16H16BrFN4O. The topological polar surface area (TPSA) is 51.0 Å². The predicted molar refractivity (Wildman–Crippen MR) is 85.9 cm³/mol. The van der Waals surface area contributed by atoms with E-state index in [1.807, 2.05) is 9.47 Å². The van der Waals surface area contributed by atoms with Crippen LogP contribution in [0.2, 0.25) is 0 Å². The third kappa shape index (κ3) is 2.89. The number of nitrogens with zero attached hydrogens (tertiary/aromatic N) is 4. The van der Waals surface area contributed by atoms with Crippen molar-refractivity contribution in [3.8, 4) is 11.4 Å². The zero-order valence-corrected chi connectivity index (χ0v) is 14.0. The van der Waals surface area contributed by atoms with E-state index in [2.05, 4.69) is 26.1 Å². The molecule has 23 heavy (non-hydrogen) atoms. The summed E-state index contributed by atoms with van der Waals surface area (Å²) in [5, 5.41) is 7.98. The van der Waals surface area contributed by atoms with E-state index < -0.39 is 0 Å². The first-order valence-electron chi connectivity index (χ1n) is 7.74. The van der Waals surface area contributed by atoms with E-state index >= 15 is 0 Å². The van der Waals surface area contributed by atoms with Gasteiger partial charge in [0.15, 0.2) is 5.82 Å². The summed E-state index contributed by atoms with van der Waals surface area (Å²) in [6.45, 7) is 2.25. The number of hydrogen-bond donors (Lipinski definition) is 0. The maximum atomic E-state index is 14.1. The van der Waals surface area contributed by atoms with Gasteiger partial charge in [0, 0.05) is 35.9 Å². The van der Waals surface area contributed by atoms with E-state index in [9.17, 15) is 9.18 Å². The van der Waals surface area contributed by atoms with Gasteiger partial charge in [-0.25, -0.2) is 4.39 Å². The van der Waals surface area contributed by atoms with Gasteiger partial charge in [-0.1, -0.05) is 15.9 Å². The highest BCUT2D eigenvalue weighted by Gasteiger charge is 2.39. The molecule has 2 heterocycles. The van der Waals surface area contributed by atoms with Crippen molar-refractivity contribution in [1.29, 1.82) is 0 Å². The van der Waals surface area contributed by atoms with Crippen molar-refractivity contribution in [1.82, 2.24) is 19.7 Å². The number of rotatable bonds is 4. The summed E-state index contributed by atoms with van der Waals surface area (Å²) < 4.78 is 16.7. The number of benzene rings is 1. The smallest absolute Gasteiger partial charge is 0.225 e. The fourth-order valence-corrected chi connectivity index (χ4v) is 3.33. The van der Waals surface area contributed by atoms with Crippen molar-refractivity contribution in [3.05, 3.63) is 34.8 Å². The monoisotopic (exact) mass is 378 g/mol. The maximum Gasteiger partial charge on any atom is 0.225 e. The first-order valence-corrected chi connectivity index (χ1v) is 8.53. The second kappa shape index (κ2) is 5.70. The standard InChI is InChI=1S/C16H16BrFN4O/c17-12-3-4-13(14(18)5-12)15-20-19-9-22(15)8-10-6-21(7-10)16(23)11-1-2-11/h3-5,9-11H,1-2,6-8H2. The maximum absolute atomic E-state index is 14.1. The molecule has 0 unspecified atom stereocenters. The lowest BCUT2D eigenvalue weighted by Gasteiger charge is -2.39. The SMILES string of the molecule is O=C(C1CC1)N1CC(Cn2cnnc2-c2ccc(Br)cc2F)C1. The van der Waals surface area contributed by atoms with Crippen LogP contribution in [-0.2, 0) is 11.3 Å². The second-order valence-corrected chi connectivity index (χ2v) is 7.23. The first-order chi connectivity index (χ1) is 11.1. The molecule has 1 aromatic heterocycles. The number of aromatic nitrogens is 3. The van der Waals surface area contributed by atoms with Crippen LogP contribution in [0.25, 0.3) is 11.4 Å². The molecule has 2 aliphatic rings. The number of likely N-dealkylation sites (tertiary alicyclic amines) is 1. The molecule has 0 atom stereocenters. The zero-order chi connectivity index (χ0) is 16.0. The molecule has 0 N–H and O–H groups in total. The largest absolute Gasteiger partial charge is 0.342 e. The lowest BCUT2D eigenvalue weighted by molar-refractivity contribution is -0.139. The van der Waals surface area contributed by atoms with Crippen molar-refractivity contribution < 1.29 is 9.18 Å². The van der Waals surface area contributed by atoms with Crippen LogP contribution in [0.4, 0.5) is 4.39 Å². The van der Waals surface area contributed by atoms with Gasteiger partial charge in [-0.05, 0) is 31.0 Å². The lowest BCUT2D eigenvalue weighted by atomic mass is 9.99. The van der Waals surface area contributed by atoms with Crippen LogP contribution in [0.1, 0.15) is 12.8 Å². The van der Waals surface area contributed by atoms with E-state index in [1.54, 1.807) is 18.5 Å². The molecule has 5 nitrogen and oxygen atoms in total. The van der Waals surface area contributed by atoms with Gasteiger partial charge in [0.1, 0.15) is 12.1 Å². The molecule has 0 radical (unpaired) electrons. The Kier molecular flexibility index (Phi) is 3.67. The van der Waals surface area contributed by atoms with E-state index in [1.165, 1.54) is 6.07 Å². The Bertz CT molecular complexity index is 752. The molecule has 2 aromatic rings. The molecule has 0 bridgehead atoms. The molecule has 1 saturated heterocycles. The minimum Gasteiger partial charge on any atom is -0.342 e. The summed E-state index contributed by atoms with van der Waals surface area (Å²) in [6, 6.07) is 4.91. The van der Waals surface area contributed by atoms with Gasteiger partial charge in [-0.15, -0.1) is 10.2 Å². The molecule has 2 fully saturated rings. The van der Waals surface area contributed by atoms with Crippen molar-refractivity contribution in [2.45, 2.75) is 19.4 Å². The van der Waals surface area contributed by atoms with Crippen LogP contribution >= 0.6 is 15.9 Å². The third-order valence-electron chi connectivity index (χ3n) is 4.44. The van der Waals surface area contributed by atoms with Crippen LogP contribution in [0.15, 0.2) is 29.0 Å². The number of carbonyl (C=O) groups excluding carboxylic acids is 1. The summed E-state index contributed by atoms with van der Waals surface area (Å²) >= 11 is 3.26. The molecule has 7 heteroatoms. The van der Waals surface area contributed by atoms with Gasteiger partial charge in [-0.2, -0.15) is 0 Å². The van der Waals surface area contributed by atoms with Gasteiger partial charge in [0.05, 0.1) is 5.56 Å². The molecule has 1 aromatic carbocycles. The highest BCUT2D eigenvalue weighted by Crippen LogP contribution is 2.34. The van der Waals surface area contributed by atoms with Crippen molar-refractivity contribution in [2.75, 3.05) is 13.1 Å².